The highest BCUT2D eigenvalue weighted by Crippen LogP contribution is 2.38. The number of fused-ring (bicyclic) bond motifs is 1. The molecule has 0 spiro atoms. The maximum atomic E-state index is 14.1. The third-order valence-corrected chi connectivity index (χ3v) is 5.34. The van der Waals surface area contributed by atoms with Gasteiger partial charge < -0.3 is 4.74 Å². The van der Waals surface area contributed by atoms with E-state index in [1.54, 1.807) is 6.20 Å². The van der Waals surface area contributed by atoms with Gasteiger partial charge in [-0.15, -0.1) is 0 Å². The SMILES string of the molecule is COc1ccc(-c2cnc(Cn3cc4nc(-c5cccc(F)c5F)nc-4cn3)cn2)c(C(F)(F)F)c1. The van der Waals surface area contributed by atoms with Gasteiger partial charge >= 0.3 is 6.18 Å². The Bertz CT molecular complexity index is 1520. The van der Waals surface area contributed by atoms with E-state index < -0.39 is 23.4 Å². The van der Waals surface area contributed by atoms with Crippen molar-refractivity contribution in [2.24, 2.45) is 0 Å². The summed E-state index contributed by atoms with van der Waals surface area (Å²) >= 11 is 0. The summed E-state index contributed by atoms with van der Waals surface area (Å²) in [5.74, 6) is -1.96. The zero-order valence-corrected chi connectivity index (χ0v) is 18.5. The fourth-order valence-corrected chi connectivity index (χ4v) is 3.59. The number of benzene rings is 2. The van der Waals surface area contributed by atoms with Crippen LogP contribution in [0.2, 0.25) is 0 Å². The van der Waals surface area contributed by atoms with Crippen molar-refractivity contribution >= 4 is 0 Å². The van der Waals surface area contributed by atoms with E-state index in [9.17, 15) is 22.0 Å². The second-order valence-electron chi connectivity index (χ2n) is 7.69. The molecule has 3 aromatic rings. The first-order chi connectivity index (χ1) is 17.2. The van der Waals surface area contributed by atoms with Gasteiger partial charge in [0.25, 0.3) is 0 Å². The van der Waals surface area contributed by atoms with Crippen LogP contribution in [0, 0.1) is 11.6 Å². The molecule has 36 heavy (non-hydrogen) atoms. The molecule has 0 saturated heterocycles. The Morgan fingerprint density at radius 3 is 2.42 bits per heavy atom. The summed E-state index contributed by atoms with van der Waals surface area (Å²) in [4.78, 5) is 16.8. The van der Waals surface area contributed by atoms with E-state index in [1.165, 1.54) is 54.6 Å². The number of rotatable bonds is 5. The summed E-state index contributed by atoms with van der Waals surface area (Å²) in [5, 5.41) is 4.21. The highest BCUT2D eigenvalue weighted by molar-refractivity contribution is 5.66. The highest BCUT2D eigenvalue weighted by atomic mass is 19.4. The second-order valence-corrected chi connectivity index (χ2v) is 7.69. The Kier molecular flexibility index (Phi) is 5.78. The Hall–Kier alpha value is -4.48. The number of halogens is 5. The molecule has 2 aromatic carbocycles. The first-order valence-corrected chi connectivity index (χ1v) is 10.4. The van der Waals surface area contributed by atoms with E-state index in [2.05, 4.69) is 25.0 Å². The van der Waals surface area contributed by atoms with Crippen LogP contribution in [-0.4, -0.2) is 36.8 Å². The topological polar surface area (TPSA) is 78.6 Å². The van der Waals surface area contributed by atoms with Crippen LogP contribution in [0.25, 0.3) is 34.0 Å². The number of alkyl halides is 3. The van der Waals surface area contributed by atoms with Gasteiger partial charge in [0.2, 0.25) is 0 Å². The molecule has 0 amide bonds. The molecule has 7 nitrogen and oxygen atoms in total. The maximum absolute atomic E-state index is 14.1. The Morgan fingerprint density at radius 2 is 1.69 bits per heavy atom. The van der Waals surface area contributed by atoms with Gasteiger partial charge in [-0.2, -0.15) is 18.3 Å². The van der Waals surface area contributed by atoms with Gasteiger partial charge in [-0.1, -0.05) is 6.07 Å². The van der Waals surface area contributed by atoms with Gasteiger partial charge in [-0.25, -0.2) is 18.7 Å². The third-order valence-electron chi connectivity index (χ3n) is 5.34. The summed E-state index contributed by atoms with van der Waals surface area (Å²) in [6.07, 6.45) is 0.955. The fourth-order valence-electron chi connectivity index (χ4n) is 3.59. The van der Waals surface area contributed by atoms with Crippen LogP contribution in [0.3, 0.4) is 0 Å². The van der Waals surface area contributed by atoms with Crippen molar-refractivity contribution in [1.29, 1.82) is 0 Å². The summed E-state index contributed by atoms with van der Waals surface area (Å²) in [6, 6.07) is 7.34. The number of imidazole rings is 1. The molecule has 0 unspecified atom stereocenters. The van der Waals surface area contributed by atoms with Crippen LogP contribution in [0.5, 0.6) is 5.75 Å². The molecule has 12 heteroatoms. The van der Waals surface area contributed by atoms with Crippen molar-refractivity contribution in [2.75, 3.05) is 7.11 Å². The van der Waals surface area contributed by atoms with Crippen molar-refractivity contribution < 1.29 is 26.7 Å². The number of methoxy groups -OCH3 is 1. The molecule has 0 fully saturated rings. The lowest BCUT2D eigenvalue weighted by Crippen LogP contribution is -2.09. The minimum atomic E-state index is -4.60. The normalized spacial score (nSPS) is 11.7. The van der Waals surface area contributed by atoms with Crippen molar-refractivity contribution in [3.05, 3.63) is 84.1 Å². The standard InChI is InChI=1S/C24H15F5N6O/c1-36-14-5-6-15(17(7-14)24(27,28)29)19-9-30-13(8-31-19)11-35-12-21-20(10-32-35)33-23(34-21)16-3-2-4-18(25)22(16)26/h2-10,12H,11H2,1H3. The molecule has 0 bridgehead atoms. The van der Waals surface area contributed by atoms with Crippen molar-refractivity contribution in [1.82, 2.24) is 29.7 Å². The number of hydrogen-bond donors (Lipinski definition) is 0. The van der Waals surface area contributed by atoms with E-state index in [1.807, 2.05) is 0 Å². The number of ether oxygens (including phenoxy) is 1. The Morgan fingerprint density at radius 1 is 0.889 bits per heavy atom. The van der Waals surface area contributed by atoms with Gasteiger partial charge in [0.05, 0.1) is 61.0 Å². The minimum absolute atomic E-state index is 0.0191. The van der Waals surface area contributed by atoms with Gasteiger partial charge in [0.15, 0.2) is 17.5 Å². The molecule has 0 saturated carbocycles. The molecule has 5 rings (SSSR count). The lowest BCUT2D eigenvalue weighted by molar-refractivity contribution is -0.137. The second kappa shape index (κ2) is 8.95. The predicted molar refractivity (Wildman–Crippen MR) is 118 cm³/mol. The zero-order chi connectivity index (χ0) is 25.4. The largest absolute Gasteiger partial charge is 0.497 e. The molecule has 182 valence electrons. The fraction of sp³-hybridized carbons (Fsp3) is 0.125. The predicted octanol–water partition coefficient (Wildman–Crippen LogP) is 5.26. The number of nitrogens with zero attached hydrogens (tertiary/aromatic N) is 6. The highest BCUT2D eigenvalue weighted by Gasteiger charge is 2.34. The zero-order valence-electron chi connectivity index (χ0n) is 18.5. The number of hydrogen-bond acceptors (Lipinski definition) is 6. The van der Waals surface area contributed by atoms with Crippen LogP contribution in [0.4, 0.5) is 22.0 Å². The minimum Gasteiger partial charge on any atom is -0.497 e. The van der Waals surface area contributed by atoms with E-state index in [4.69, 9.17) is 4.74 Å². The molecule has 0 radical (unpaired) electrons. The van der Waals surface area contributed by atoms with E-state index in [-0.39, 0.29) is 34.9 Å². The summed E-state index contributed by atoms with van der Waals surface area (Å²) in [6.45, 7) is 0.133. The number of aromatic nitrogens is 6. The van der Waals surface area contributed by atoms with Crippen LogP contribution in [0.15, 0.2) is 61.2 Å². The lowest BCUT2D eigenvalue weighted by atomic mass is 10.0. The molecule has 2 aliphatic heterocycles. The van der Waals surface area contributed by atoms with E-state index in [0.29, 0.717) is 17.1 Å². The first kappa shape index (κ1) is 23.3. The summed E-state index contributed by atoms with van der Waals surface area (Å²) in [5.41, 5.74) is 0.159. The van der Waals surface area contributed by atoms with E-state index >= 15 is 0 Å². The van der Waals surface area contributed by atoms with Crippen LogP contribution >= 0.6 is 0 Å². The van der Waals surface area contributed by atoms with Gasteiger partial charge in [-0.3, -0.25) is 14.6 Å². The van der Waals surface area contributed by atoms with Gasteiger partial charge in [0.1, 0.15) is 17.1 Å². The summed E-state index contributed by atoms with van der Waals surface area (Å²) < 4.78 is 74.6. The quantitative estimate of drug-likeness (QED) is 0.308. The van der Waals surface area contributed by atoms with Crippen molar-refractivity contribution in [3.63, 3.8) is 0 Å². The van der Waals surface area contributed by atoms with Crippen LogP contribution in [-0.2, 0) is 12.7 Å². The third kappa shape index (κ3) is 4.44. The molecule has 2 aliphatic rings. The average molecular weight is 498 g/mol. The molecule has 3 heterocycles. The molecule has 0 aliphatic carbocycles. The monoisotopic (exact) mass is 498 g/mol. The molecular weight excluding hydrogens is 483 g/mol. The Balaban J connectivity index is 1.40. The first-order valence-electron chi connectivity index (χ1n) is 10.4. The average Bonchev–Trinajstić information content (AvgIpc) is 3.28. The van der Waals surface area contributed by atoms with Gasteiger partial charge in [0, 0.05) is 5.56 Å². The van der Waals surface area contributed by atoms with Crippen LogP contribution < -0.4 is 4.74 Å². The smallest absolute Gasteiger partial charge is 0.417 e. The maximum Gasteiger partial charge on any atom is 0.417 e. The van der Waals surface area contributed by atoms with Crippen LogP contribution in [0.1, 0.15) is 11.3 Å². The molecule has 0 N–H and O–H groups in total. The molecule has 1 aromatic heterocycles. The van der Waals surface area contributed by atoms with E-state index in [0.717, 1.165) is 12.1 Å². The summed E-state index contributed by atoms with van der Waals surface area (Å²) in [7, 11) is 1.29. The van der Waals surface area contributed by atoms with Crippen molar-refractivity contribution in [2.45, 2.75) is 12.7 Å². The lowest BCUT2D eigenvalue weighted by Gasteiger charge is -2.14. The van der Waals surface area contributed by atoms with Crippen molar-refractivity contribution in [3.8, 4) is 39.8 Å². The Labute approximate surface area is 200 Å². The molecule has 0 atom stereocenters. The molecular formula is C24H15F5N6O. The van der Waals surface area contributed by atoms with Gasteiger partial charge in [-0.05, 0) is 30.3 Å².